The van der Waals surface area contributed by atoms with Gasteiger partial charge in [0, 0.05) is 19.3 Å². The normalized spacial score (nSPS) is 13.2. The molecule has 0 aromatic rings. The van der Waals surface area contributed by atoms with E-state index in [9.17, 15) is 19.5 Å². The summed E-state index contributed by atoms with van der Waals surface area (Å²) in [4.78, 5) is 37.1. The average Bonchev–Trinajstić information content (AvgIpc) is 3.23. The number of carboxylic acids is 1. The number of likely N-dealkylation sites (N-methyl/N-ethyl adjacent to an activating group) is 1. The van der Waals surface area contributed by atoms with Crippen molar-refractivity contribution in [2.24, 2.45) is 0 Å². The van der Waals surface area contributed by atoms with Gasteiger partial charge in [-0.1, -0.05) is 204 Å². The smallest absolute Gasteiger partial charge is 0.362 e. The Balaban J connectivity index is 4.20. The van der Waals surface area contributed by atoms with E-state index in [4.69, 9.17) is 14.2 Å². The van der Waals surface area contributed by atoms with E-state index in [1.807, 2.05) is 21.1 Å². The molecule has 62 heavy (non-hydrogen) atoms. The van der Waals surface area contributed by atoms with E-state index in [1.54, 1.807) is 0 Å². The summed E-state index contributed by atoms with van der Waals surface area (Å²) in [6.07, 6.45) is 54.4. The predicted molar refractivity (Wildman–Crippen MR) is 261 cm³/mol. The molecule has 0 aliphatic rings. The Labute approximate surface area is 382 Å². The standard InChI is InChI=1S/C54H97NO7/c1-6-8-10-12-14-16-18-20-22-23-24-25-26-27-28-29-31-32-34-36-38-40-42-44-52(56)61-49-50(48-60-47-46-51(54(58)59)55(3,4)5)62-53(57)45-43-41-39-37-35-33-30-21-19-17-15-13-11-9-7-2/h8,10,14,16,20,22,24-25,50-51H,6-7,9,11-13,15,17-19,21,23,26-49H2,1-5H3/p+1/b10-8+,16-14+,22-20+,25-24+. The molecule has 0 amide bonds. The Hall–Kier alpha value is -2.71. The first kappa shape index (κ1) is 59.3. The van der Waals surface area contributed by atoms with Crippen LogP contribution in [0.3, 0.4) is 0 Å². The molecule has 8 nitrogen and oxygen atoms in total. The SMILES string of the molecule is CC/C=C/C/C=C/C/C=C/C/C=C/CCCCCCCCCCCCC(=O)OCC(COCCC(C(=O)O)[N+](C)(C)C)OC(=O)CCCCCCCCCCCCCCCCC. The van der Waals surface area contributed by atoms with Crippen molar-refractivity contribution in [1.29, 1.82) is 0 Å². The van der Waals surface area contributed by atoms with Crippen LogP contribution in [0, 0.1) is 0 Å². The second-order valence-corrected chi connectivity index (χ2v) is 18.4. The fourth-order valence-electron chi connectivity index (χ4n) is 7.55. The molecular formula is C54H98NO7+. The fourth-order valence-corrected chi connectivity index (χ4v) is 7.55. The molecule has 0 fully saturated rings. The molecule has 1 N–H and O–H groups in total. The molecule has 0 saturated carbocycles. The van der Waals surface area contributed by atoms with E-state index >= 15 is 0 Å². The summed E-state index contributed by atoms with van der Waals surface area (Å²) in [6.45, 7) is 4.65. The molecule has 0 aliphatic heterocycles. The number of unbranched alkanes of at least 4 members (excludes halogenated alkanes) is 24. The number of hydrogen-bond donors (Lipinski definition) is 1. The van der Waals surface area contributed by atoms with Crippen LogP contribution in [0.5, 0.6) is 0 Å². The predicted octanol–water partition coefficient (Wildman–Crippen LogP) is 14.8. The second kappa shape index (κ2) is 44.9. The fraction of sp³-hybridized carbons (Fsp3) is 0.796. The lowest BCUT2D eigenvalue weighted by atomic mass is 10.0. The Morgan fingerprint density at radius 1 is 0.500 bits per heavy atom. The lowest BCUT2D eigenvalue weighted by molar-refractivity contribution is -0.887. The maximum absolute atomic E-state index is 12.8. The van der Waals surface area contributed by atoms with E-state index in [-0.39, 0.29) is 36.2 Å². The van der Waals surface area contributed by atoms with Gasteiger partial charge >= 0.3 is 17.9 Å². The van der Waals surface area contributed by atoms with E-state index in [2.05, 4.69) is 62.5 Å². The zero-order chi connectivity index (χ0) is 45.6. The molecule has 0 spiro atoms. The van der Waals surface area contributed by atoms with Gasteiger partial charge in [0.25, 0.3) is 0 Å². The number of esters is 2. The quantitative estimate of drug-likeness (QED) is 0.0281. The van der Waals surface area contributed by atoms with Crippen LogP contribution in [0.2, 0.25) is 0 Å². The summed E-state index contributed by atoms with van der Waals surface area (Å²) in [5, 5.41) is 9.65. The van der Waals surface area contributed by atoms with Crippen molar-refractivity contribution >= 4 is 17.9 Å². The highest BCUT2D eigenvalue weighted by molar-refractivity contribution is 5.72. The van der Waals surface area contributed by atoms with Crippen LogP contribution >= 0.6 is 0 Å². The van der Waals surface area contributed by atoms with Crippen LogP contribution in [0.1, 0.15) is 226 Å². The molecule has 0 heterocycles. The highest BCUT2D eigenvalue weighted by Crippen LogP contribution is 2.16. The minimum absolute atomic E-state index is 0.0510. The monoisotopic (exact) mass is 873 g/mol. The Morgan fingerprint density at radius 2 is 0.903 bits per heavy atom. The third kappa shape index (κ3) is 42.6. The number of carbonyl (C=O) groups is 3. The summed E-state index contributed by atoms with van der Waals surface area (Å²) in [5.74, 6) is -1.46. The molecule has 0 aromatic carbocycles. The van der Waals surface area contributed by atoms with Crippen LogP contribution in [0.25, 0.3) is 0 Å². The van der Waals surface area contributed by atoms with Gasteiger partial charge in [-0.25, -0.2) is 4.79 Å². The van der Waals surface area contributed by atoms with Crippen molar-refractivity contribution in [2.45, 2.75) is 238 Å². The molecule has 360 valence electrons. The molecule has 0 aliphatic carbocycles. The summed E-state index contributed by atoms with van der Waals surface area (Å²) in [5.41, 5.74) is 0. The maximum Gasteiger partial charge on any atom is 0.362 e. The zero-order valence-electron chi connectivity index (χ0n) is 41.1. The summed E-state index contributed by atoms with van der Waals surface area (Å²) >= 11 is 0. The van der Waals surface area contributed by atoms with Crippen molar-refractivity contribution in [2.75, 3.05) is 41.0 Å². The minimum Gasteiger partial charge on any atom is -0.477 e. The summed E-state index contributed by atoms with van der Waals surface area (Å²) in [7, 11) is 5.54. The van der Waals surface area contributed by atoms with Crippen molar-refractivity contribution in [3.63, 3.8) is 0 Å². The largest absolute Gasteiger partial charge is 0.477 e. The van der Waals surface area contributed by atoms with Gasteiger partial charge in [-0.3, -0.25) is 9.59 Å². The van der Waals surface area contributed by atoms with Crippen LogP contribution in [0.15, 0.2) is 48.6 Å². The molecule has 0 radical (unpaired) electrons. The topological polar surface area (TPSA) is 99.1 Å². The number of hydrogen-bond acceptors (Lipinski definition) is 6. The van der Waals surface area contributed by atoms with Gasteiger partial charge in [0.05, 0.1) is 34.4 Å². The number of quaternary nitrogens is 1. The van der Waals surface area contributed by atoms with Crippen LogP contribution < -0.4 is 0 Å². The molecule has 8 heteroatoms. The Morgan fingerprint density at radius 3 is 1.34 bits per heavy atom. The van der Waals surface area contributed by atoms with Gasteiger partial charge in [-0.2, -0.15) is 0 Å². The van der Waals surface area contributed by atoms with E-state index < -0.39 is 18.1 Å². The lowest BCUT2D eigenvalue weighted by Crippen LogP contribution is -2.50. The summed E-state index contributed by atoms with van der Waals surface area (Å²) in [6, 6.07) is -0.614. The van der Waals surface area contributed by atoms with Gasteiger partial charge in [0.1, 0.15) is 6.61 Å². The highest BCUT2D eigenvalue weighted by atomic mass is 16.6. The Kier molecular flexibility index (Phi) is 42.9. The number of ether oxygens (including phenoxy) is 3. The van der Waals surface area contributed by atoms with Crippen molar-refractivity contribution < 1.29 is 38.2 Å². The number of carbonyl (C=O) groups excluding carboxylic acids is 2. The minimum atomic E-state index is -0.874. The second-order valence-electron chi connectivity index (χ2n) is 18.4. The van der Waals surface area contributed by atoms with Gasteiger partial charge in [0.2, 0.25) is 0 Å². The first-order chi connectivity index (χ1) is 30.1. The van der Waals surface area contributed by atoms with E-state index in [0.29, 0.717) is 19.3 Å². The first-order valence-electron chi connectivity index (χ1n) is 25.7. The zero-order valence-corrected chi connectivity index (χ0v) is 41.1. The number of nitrogens with zero attached hydrogens (tertiary/aromatic N) is 1. The van der Waals surface area contributed by atoms with E-state index in [0.717, 1.165) is 64.2 Å². The van der Waals surface area contributed by atoms with Gasteiger partial charge in [-0.05, 0) is 51.4 Å². The summed E-state index contributed by atoms with van der Waals surface area (Å²) < 4.78 is 17.4. The molecule has 2 unspecified atom stereocenters. The number of rotatable bonds is 46. The molecule has 0 rings (SSSR count). The third-order valence-electron chi connectivity index (χ3n) is 11.5. The lowest BCUT2D eigenvalue weighted by Gasteiger charge is -2.31. The average molecular weight is 873 g/mol. The van der Waals surface area contributed by atoms with Crippen LogP contribution in [0.4, 0.5) is 0 Å². The molecule has 0 bridgehead atoms. The maximum atomic E-state index is 12.8. The van der Waals surface area contributed by atoms with Crippen molar-refractivity contribution in [3.05, 3.63) is 48.6 Å². The first-order valence-corrected chi connectivity index (χ1v) is 25.7. The highest BCUT2D eigenvalue weighted by Gasteiger charge is 2.31. The molecule has 2 atom stereocenters. The molecular weight excluding hydrogens is 775 g/mol. The Bertz CT molecular complexity index is 1150. The van der Waals surface area contributed by atoms with Gasteiger partial charge in [0.15, 0.2) is 12.1 Å². The van der Waals surface area contributed by atoms with Crippen LogP contribution in [-0.4, -0.2) is 80.6 Å². The number of aliphatic carboxylic acids is 1. The van der Waals surface area contributed by atoms with Gasteiger partial charge < -0.3 is 23.8 Å². The van der Waals surface area contributed by atoms with Crippen molar-refractivity contribution in [3.8, 4) is 0 Å². The van der Waals surface area contributed by atoms with Crippen LogP contribution in [-0.2, 0) is 28.6 Å². The number of allylic oxidation sites excluding steroid dienone is 8. The third-order valence-corrected chi connectivity index (χ3v) is 11.5. The molecule has 0 aromatic heterocycles. The van der Waals surface area contributed by atoms with Gasteiger partial charge in [-0.15, -0.1) is 0 Å². The van der Waals surface area contributed by atoms with E-state index in [1.165, 1.54) is 128 Å². The van der Waals surface area contributed by atoms with Crippen molar-refractivity contribution in [1.82, 2.24) is 0 Å². The number of carboxylic acid groups (broad SMARTS) is 1. The molecule has 0 saturated heterocycles.